The minimum Gasteiger partial charge on any atom is -0.464 e. The summed E-state index contributed by atoms with van der Waals surface area (Å²) in [5.41, 5.74) is 0. The van der Waals surface area contributed by atoms with Crippen molar-refractivity contribution < 1.29 is 9.21 Å². The van der Waals surface area contributed by atoms with E-state index in [1.165, 1.54) is 0 Å². The second-order valence-corrected chi connectivity index (χ2v) is 6.03. The Hall–Kier alpha value is -2.37. The maximum Gasteiger partial charge on any atom is 0.225 e. The van der Waals surface area contributed by atoms with Gasteiger partial charge in [-0.2, -0.15) is 0 Å². The van der Waals surface area contributed by atoms with Gasteiger partial charge in [0.05, 0.1) is 18.2 Å². The van der Waals surface area contributed by atoms with Crippen molar-refractivity contribution in [1.82, 2.24) is 15.3 Å². The highest BCUT2D eigenvalue weighted by Gasteiger charge is 2.27. The van der Waals surface area contributed by atoms with Gasteiger partial charge in [0, 0.05) is 25.5 Å². The molecule has 1 N–H and O–H groups in total. The van der Waals surface area contributed by atoms with Crippen LogP contribution >= 0.6 is 0 Å². The van der Waals surface area contributed by atoms with Crippen LogP contribution in [0.5, 0.6) is 0 Å². The van der Waals surface area contributed by atoms with Gasteiger partial charge in [0.1, 0.15) is 17.3 Å². The first kappa shape index (κ1) is 15.5. The van der Waals surface area contributed by atoms with Crippen LogP contribution in [-0.4, -0.2) is 29.0 Å². The Morgan fingerprint density at radius 1 is 1.43 bits per heavy atom. The molecule has 2 aromatic heterocycles. The van der Waals surface area contributed by atoms with Gasteiger partial charge in [0.15, 0.2) is 0 Å². The summed E-state index contributed by atoms with van der Waals surface area (Å²) in [7, 11) is 0. The minimum absolute atomic E-state index is 0.0377. The molecule has 2 atom stereocenters. The third-order valence-corrected chi connectivity index (χ3v) is 4.21. The van der Waals surface area contributed by atoms with Crippen LogP contribution in [0.1, 0.15) is 37.3 Å². The summed E-state index contributed by atoms with van der Waals surface area (Å²) in [6.45, 7) is 5.43. The number of carbonyl (C=O) groups is 1. The van der Waals surface area contributed by atoms with Crippen LogP contribution in [0.2, 0.25) is 0 Å². The third-order valence-electron chi connectivity index (χ3n) is 4.21. The second kappa shape index (κ2) is 6.81. The van der Waals surface area contributed by atoms with Crippen LogP contribution in [0, 0.1) is 12.8 Å². The molecule has 1 saturated heterocycles. The van der Waals surface area contributed by atoms with Crippen LogP contribution in [0.3, 0.4) is 0 Å². The first-order valence-corrected chi connectivity index (χ1v) is 8.01. The molecule has 0 unspecified atom stereocenters. The van der Waals surface area contributed by atoms with E-state index in [2.05, 4.69) is 20.2 Å². The largest absolute Gasteiger partial charge is 0.464 e. The molecule has 1 aliphatic rings. The molecular formula is C17H22N4O2. The minimum atomic E-state index is -0.122. The number of aromatic nitrogens is 2. The summed E-state index contributed by atoms with van der Waals surface area (Å²) in [4.78, 5) is 23.1. The fraction of sp³-hybridized carbons (Fsp3) is 0.471. The molecule has 1 aliphatic heterocycles. The lowest BCUT2D eigenvalue weighted by atomic mass is 9.96. The van der Waals surface area contributed by atoms with Crippen LogP contribution in [0.25, 0.3) is 0 Å². The fourth-order valence-electron chi connectivity index (χ4n) is 2.94. The molecule has 0 spiro atoms. The van der Waals surface area contributed by atoms with Crippen molar-refractivity contribution in [2.24, 2.45) is 5.92 Å². The average molecular weight is 314 g/mol. The third kappa shape index (κ3) is 3.70. The predicted octanol–water partition coefficient (Wildman–Crippen LogP) is 2.47. The van der Waals surface area contributed by atoms with Crippen LogP contribution in [-0.2, 0) is 4.79 Å². The summed E-state index contributed by atoms with van der Waals surface area (Å²) >= 11 is 0. The highest BCUT2D eigenvalue weighted by Crippen LogP contribution is 2.22. The van der Waals surface area contributed by atoms with Crippen LogP contribution in [0.4, 0.5) is 5.82 Å². The number of nitrogens with zero attached hydrogens (tertiary/aromatic N) is 3. The lowest BCUT2D eigenvalue weighted by Gasteiger charge is -2.33. The van der Waals surface area contributed by atoms with Crippen molar-refractivity contribution >= 4 is 11.7 Å². The molecule has 122 valence electrons. The molecule has 0 radical (unpaired) electrons. The number of piperidine rings is 1. The lowest BCUT2D eigenvalue weighted by molar-refractivity contribution is -0.126. The number of rotatable bonds is 4. The fourth-order valence-corrected chi connectivity index (χ4v) is 2.94. The van der Waals surface area contributed by atoms with Gasteiger partial charge in [-0.3, -0.25) is 9.78 Å². The van der Waals surface area contributed by atoms with Crippen molar-refractivity contribution in [3.8, 4) is 0 Å². The Labute approximate surface area is 135 Å². The molecule has 3 heterocycles. The van der Waals surface area contributed by atoms with Crippen molar-refractivity contribution in [3.63, 3.8) is 0 Å². The number of nitrogens with one attached hydrogen (secondary N) is 1. The molecule has 0 aromatic carbocycles. The zero-order valence-electron chi connectivity index (χ0n) is 13.5. The number of carbonyl (C=O) groups excluding carboxylic acids is 1. The van der Waals surface area contributed by atoms with Crippen molar-refractivity contribution in [2.45, 2.75) is 32.7 Å². The predicted molar refractivity (Wildman–Crippen MR) is 87.0 cm³/mol. The Morgan fingerprint density at radius 2 is 2.30 bits per heavy atom. The molecule has 0 bridgehead atoms. The summed E-state index contributed by atoms with van der Waals surface area (Å²) < 4.78 is 5.58. The normalized spacial score (nSPS) is 19.4. The van der Waals surface area contributed by atoms with Gasteiger partial charge in [-0.1, -0.05) is 0 Å². The van der Waals surface area contributed by atoms with Gasteiger partial charge >= 0.3 is 0 Å². The molecule has 1 fully saturated rings. The van der Waals surface area contributed by atoms with E-state index in [4.69, 9.17) is 4.42 Å². The molecule has 6 heteroatoms. The van der Waals surface area contributed by atoms with Crippen molar-refractivity contribution in [1.29, 1.82) is 0 Å². The maximum absolute atomic E-state index is 12.6. The molecule has 0 saturated carbocycles. The molecular weight excluding hydrogens is 292 g/mol. The molecule has 1 amide bonds. The Balaban J connectivity index is 1.61. The highest BCUT2D eigenvalue weighted by atomic mass is 16.3. The van der Waals surface area contributed by atoms with Crippen molar-refractivity contribution in [3.05, 3.63) is 42.2 Å². The van der Waals surface area contributed by atoms with Gasteiger partial charge in [0.25, 0.3) is 0 Å². The number of amides is 1. The number of hydrogen-bond donors (Lipinski definition) is 1. The van der Waals surface area contributed by atoms with Crippen LogP contribution in [0.15, 0.2) is 35.1 Å². The zero-order valence-corrected chi connectivity index (χ0v) is 13.5. The van der Waals surface area contributed by atoms with E-state index < -0.39 is 0 Å². The maximum atomic E-state index is 12.6. The van der Waals surface area contributed by atoms with E-state index in [0.29, 0.717) is 6.54 Å². The van der Waals surface area contributed by atoms with Gasteiger partial charge in [-0.05, 0) is 38.8 Å². The first-order valence-electron chi connectivity index (χ1n) is 8.01. The molecule has 23 heavy (non-hydrogen) atoms. The average Bonchev–Trinajstić information content (AvgIpc) is 3.02. The van der Waals surface area contributed by atoms with Crippen LogP contribution < -0.4 is 10.2 Å². The van der Waals surface area contributed by atoms with Crippen molar-refractivity contribution in [2.75, 3.05) is 18.0 Å². The van der Waals surface area contributed by atoms with Gasteiger partial charge in [-0.25, -0.2) is 4.98 Å². The molecule has 3 rings (SSSR count). The smallest absolute Gasteiger partial charge is 0.225 e. The number of furan rings is 1. The Kier molecular flexibility index (Phi) is 4.60. The standard InChI is InChI=1S/C17H22N4O2/c1-12-5-6-15(23-12)13(2)20-17(22)14-4-3-9-21(11-14)16-10-18-7-8-19-16/h5-8,10,13-14H,3-4,9,11H2,1-2H3,(H,20,22)/t13-,14-/m0/s1. The van der Waals surface area contributed by atoms with E-state index >= 15 is 0 Å². The quantitative estimate of drug-likeness (QED) is 0.938. The SMILES string of the molecule is Cc1ccc([C@H](C)NC(=O)[C@H]2CCCN(c3cnccn3)C2)o1. The first-order chi connectivity index (χ1) is 11.1. The number of aryl methyl sites for hydroxylation is 1. The number of anilines is 1. The zero-order chi connectivity index (χ0) is 16.2. The summed E-state index contributed by atoms with van der Waals surface area (Å²) in [5, 5.41) is 3.06. The Bertz CT molecular complexity index is 656. The van der Waals surface area contributed by atoms with E-state index in [-0.39, 0.29) is 17.9 Å². The molecule has 6 nitrogen and oxygen atoms in total. The highest BCUT2D eigenvalue weighted by molar-refractivity contribution is 5.79. The van der Waals surface area contributed by atoms with Gasteiger partial charge in [-0.15, -0.1) is 0 Å². The van der Waals surface area contributed by atoms with Gasteiger partial charge < -0.3 is 14.6 Å². The van der Waals surface area contributed by atoms with E-state index in [0.717, 1.165) is 36.7 Å². The molecule has 0 aliphatic carbocycles. The lowest BCUT2D eigenvalue weighted by Crippen LogP contribution is -2.44. The van der Waals surface area contributed by atoms with Gasteiger partial charge in [0.2, 0.25) is 5.91 Å². The Morgan fingerprint density at radius 3 is 3.00 bits per heavy atom. The second-order valence-electron chi connectivity index (χ2n) is 6.03. The monoisotopic (exact) mass is 314 g/mol. The van der Waals surface area contributed by atoms with E-state index in [9.17, 15) is 4.79 Å². The number of hydrogen-bond acceptors (Lipinski definition) is 5. The summed E-state index contributed by atoms with van der Waals surface area (Å²) in [6, 6.07) is 3.70. The molecule has 2 aromatic rings. The summed E-state index contributed by atoms with van der Waals surface area (Å²) in [5.74, 6) is 2.51. The van der Waals surface area contributed by atoms with E-state index in [1.807, 2.05) is 26.0 Å². The summed E-state index contributed by atoms with van der Waals surface area (Å²) in [6.07, 6.45) is 6.95. The topological polar surface area (TPSA) is 71.3 Å². The van der Waals surface area contributed by atoms with E-state index in [1.54, 1.807) is 18.6 Å².